The lowest BCUT2D eigenvalue weighted by molar-refractivity contribution is 0.157. The Bertz CT molecular complexity index is 93.8. The van der Waals surface area contributed by atoms with E-state index in [1.807, 2.05) is 0 Å². The first-order valence-electron chi connectivity index (χ1n) is 4.95. The van der Waals surface area contributed by atoms with E-state index < -0.39 is 0 Å². The Morgan fingerprint density at radius 1 is 1.33 bits per heavy atom. The van der Waals surface area contributed by atoms with Crippen molar-refractivity contribution in [1.82, 2.24) is 5.32 Å². The average molecular weight is 173 g/mol. The van der Waals surface area contributed by atoms with Crippen molar-refractivity contribution in [3.05, 3.63) is 0 Å². The topological polar surface area (TPSA) is 21.3 Å². The number of ether oxygens (including phenoxy) is 1. The molecule has 0 aromatic carbocycles. The minimum absolute atomic E-state index is 0.537. The summed E-state index contributed by atoms with van der Waals surface area (Å²) >= 11 is 0. The minimum atomic E-state index is 0.537. The van der Waals surface area contributed by atoms with Crippen molar-refractivity contribution in [2.45, 2.75) is 52.1 Å². The Balaban J connectivity index is 3.54. The lowest BCUT2D eigenvalue weighted by Crippen LogP contribution is -2.37. The molecule has 1 atom stereocenters. The highest BCUT2D eigenvalue weighted by Gasteiger charge is 2.07. The molecule has 0 aromatic heterocycles. The lowest BCUT2D eigenvalue weighted by Gasteiger charge is -2.20. The van der Waals surface area contributed by atoms with E-state index in [4.69, 9.17) is 4.74 Å². The van der Waals surface area contributed by atoms with Crippen molar-refractivity contribution in [1.29, 1.82) is 0 Å². The fourth-order valence-corrected chi connectivity index (χ4v) is 1.34. The van der Waals surface area contributed by atoms with Crippen LogP contribution < -0.4 is 5.32 Å². The molecule has 0 radical (unpaired) electrons. The van der Waals surface area contributed by atoms with E-state index in [2.05, 4.69) is 26.1 Å². The molecule has 0 heterocycles. The maximum absolute atomic E-state index is 5.14. The van der Waals surface area contributed by atoms with Gasteiger partial charge in [-0.2, -0.15) is 0 Å². The van der Waals surface area contributed by atoms with E-state index >= 15 is 0 Å². The predicted molar refractivity (Wildman–Crippen MR) is 53.5 cm³/mol. The Hall–Kier alpha value is -0.0800. The largest absolute Gasteiger partial charge is 0.383 e. The van der Waals surface area contributed by atoms with Gasteiger partial charge in [0, 0.05) is 19.2 Å². The van der Waals surface area contributed by atoms with Crippen LogP contribution in [0.25, 0.3) is 0 Å². The molecule has 0 aromatic rings. The number of methoxy groups -OCH3 is 1. The summed E-state index contributed by atoms with van der Waals surface area (Å²) in [5.74, 6) is 0. The second-order valence-corrected chi connectivity index (χ2v) is 3.62. The van der Waals surface area contributed by atoms with Gasteiger partial charge in [0.1, 0.15) is 0 Å². The highest BCUT2D eigenvalue weighted by atomic mass is 16.5. The highest BCUT2D eigenvalue weighted by Crippen LogP contribution is 2.01. The summed E-state index contributed by atoms with van der Waals surface area (Å²) in [6.07, 6.45) is 3.77. The van der Waals surface area contributed by atoms with Crippen LogP contribution in [0, 0.1) is 0 Å². The Morgan fingerprint density at radius 2 is 2.00 bits per heavy atom. The molecule has 0 fully saturated rings. The van der Waals surface area contributed by atoms with Crippen LogP contribution in [-0.4, -0.2) is 25.8 Å². The van der Waals surface area contributed by atoms with Gasteiger partial charge in [-0.3, -0.25) is 0 Å². The third kappa shape index (κ3) is 6.62. The van der Waals surface area contributed by atoms with Crippen LogP contribution >= 0.6 is 0 Å². The van der Waals surface area contributed by atoms with Gasteiger partial charge in [0.25, 0.3) is 0 Å². The number of nitrogens with one attached hydrogen (secondary N) is 1. The maximum Gasteiger partial charge on any atom is 0.0615 e. The molecule has 0 rings (SSSR count). The number of hydrogen-bond donors (Lipinski definition) is 1. The first kappa shape index (κ1) is 11.9. The van der Waals surface area contributed by atoms with Crippen molar-refractivity contribution in [2.24, 2.45) is 0 Å². The molecule has 0 bridgehead atoms. The zero-order valence-electron chi connectivity index (χ0n) is 8.89. The van der Waals surface area contributed by atoms with E-state index in [1.165, 1.54) is 19.3 Å². The van der Waals surface area contributed by atoms with Crippen LogP contribution in [0.15, 0.2) is 0 Å². The molecule has 0 amide bonds. The monoisotopic (exact) mass is 173 g/mol. The number of rotatable bonds is 7. The van der Waals surface area contributed by atoms with Gasteiger partial charge in [-0.25, -0.2) is 0 Å². The molecular weight excluding hydrogens is 150 g/mol. The molecule has 2 heteroatoms. The summed E-state index contributed by atoms with van der Waals surface area (Å²) in [7, 11) is 1.76. The van der Waals surface area contributed by atoms with Gasteiger partial charge in [-0.05, 0) is 6.42 Å². The molecule has 0 spiro atoms. The minimum Gasteiger partial charge on any atom is -0.383 e. The molecule has 12 heavy (non-hydrogen) atoms. The average Bonchev–Trinajstić information content (AvgIpc) is 2.00. The highest BCUT2D eigenvalue weighted by molar-refractivity contribution is 4.68. The van der Waals surface area contributed by atoms with Crippen molar-refractivity contribution in [2.75, 3.05) is 13.7 Å². The molecule has 2 nitrogen and oxygen atoms in total. The first-order valence-corrected chi connectivity index (χ1v) is 4.95. The third-order valence-electron chi connectivity index (χ3n) is 1.84. The maximum atomic E-state index is 5.14. The normalized spacial score (nSPS) is 13.8. The summed E-state index contributed by atoms with van der Waals surface area (Å²) in [6, 6.07) is 1.09. The predicted octanol–water partition coefficient (Wildman–Crippen LogP) is 2.19. The summed E-state index contributed by atoms with van der Waals surface area (Å²) in [5, 5.41) is 3.49. The fraction of sp³-hybridized carbons (Fsp3) is 1.00. The van der Waals surface area contributed by atoms with Crippen molar-refractivity contribution in [3.63, 3.8) is 0 Å². The Morgan fingerprint density at radius 3 is 2.42 bits per heavy atom. The van der Waals surface area contributed by atoms with E-state index in [9.17, 15) is 0 Å². The molecule has 0 aliphatic rings. The second-order valence-electron chi connectivity index (χ2n) is 3.62. The van der Waals surface area contributed by atoms with E-state index in [1.54, 1.807) is 7.11 Å². The number of hydrogen-bond acceptors (Lipinski definition) is 2. The van der Waals surface area contributed by atoms with Gasteiger partial charge in [-0.1, -0.05) is 33.6 Å². The SMILES string of the molecule is CCCCC(COC)NC(C)C. The standard InChI is InChI=1S/C10H23NO/c1-5-6-7-10(8-12-4)11-9(2)3/h9-11H,5-8H2,1-4H3. The summed E-state index contributed by atoms with van der Waals surface area (Å²) in [5.41, 5.74) is 0. The Labute approximate surface area is 76.7 Å². The summed E-state index contributed by atoms with van der Waals surface area (Å²) < 4.78 is 5.14. The van der Waals surface area contributed by atoms with Crippen LogP contribution in [0.4, 0.5) is 0 Å². The second kappa shape index (κ2) is 7.56. The quantitative estimate of drug-likeness (QED) is 0.637. The first-order chi connectivity index (χ1) is 5.70. The molecule has 0 saturated heterocycles. The third-order valence-corrected chi connectivity index (χ3v) is 1.84. The molecule has 0 aliphatic carbocycles. The van der Waals surface area contributed by atoms with Crippen molar-refractivity contribution < 1.29 is 4.74 Å². The van der Waals surface area contributed by atoms with Crippen LogP contribution in [-0.2, 0) is 4.74 Å². The van der Waals surface area contributed by atoms with Gasteiger partial charge in [0.15, 0.2) is 0 Å². The zero-order valence-corrected chi connectivity index (χ0v) is 8.89. The molecule has 74 valence electrons. The van der Waals surface area contributed by atoms with E-state index in [0.29, 0.717) is 12.1 Å². The summed E-state index contributed by atoms with van der Waals surface area (Å²) in [4.78, 5) is 0. The van der Waals surface area contributed by atoms with Gasteiger partial charge >= 0.3 is 0 Å². The molecule has 1 unspecified atom stereocenters. The van der Waals surface area contributed by atoms with Crippen LogP contribution in [0.2, 0.25) is 0 Å². The van der Waals surface area contributed by atoms with Crippen LogP contribution in [0.1, 0.15) is 40.0 Å². The van der Waals surface area contributed by atoms with Crippen LogP contribution in [0.5, 0.6) is 0 Å². The molecule has 0 aliphatic heterocycles. The molecular formula is C10H23NO. The summed E-state index contributed by atoms with van der Waals surface area (Å²) in [6.45, 7) is 7.40. The van der Waals surface area contributed by atoms with E-state index in [0.717, 1.165) is 6.61 Å². The van der Waals surface area contributed by atoms with E-state index in [-0.39, 0.29) is 0 Å². The fourth-order valence-electron chi connectivity index (χ4n) is 1.34. The van der Waals surface area contributed by atoms with Gasteiger partial charge in [0.05, 0.1) is 6.61 Å². The van der Waals surface area contributed by atoms with Crippen molar-refractivity contribution >= 4 is 0 Å². The van der Waals surface area contributed by atoms with Gasteiger partial charge < -0.3 is 10.1 Å². The molecule has 0 saturated carbocycles. The van der Waals surface area contributed by atoms with Gasteiger partial charge in [-0.15, -0.1) is 0 Å². The smallest absolute Gasteiger partial charge is 0.0615 e. The Kier molecular flexibility index (Phi) is 7.51. The number of unbranched alkanes of at least 4 members (excludes halogenated alkanes) is 1. The van der Waals surface area contributed by atoms with Crippen molar-refractivity contribution in [3.8, 4) is 0 Å². The molecule has 1 N–H and O–H groups in total. The zero-order chi connectivity index (χ0) is 9.40. The lowest BCUT2D eigenvalue weighted by atomic mass is 10.1. The van der Waals surface area contributed by atoms with Gasteiger partial charge in [0.2, 0.25) is 0 Å². The van der Waals surface area contributed by atoms with Crippen LogP contribution in [0.3, 0.4) is 0 Å².